The zero-order valence-electron chi connectivity index (χ0n) is 12.2. The molecule has 0 spiro atoms. The molecule has 1 aromatic carbocycles. The number of imidazole rings is 1. The minimum atomic E-state index is 0.509. The predicted molar refractivity (Wildman–Crippen MR) is 87.5 cm³/mol. The van der Waals surface area contributed by atoms with Gasteiger partial charge in [0.05, 0.1) is 25.0 Å². The number of aromatic amines is 1. The van der Waals surface area contributed by atoms with Crippen molar-refractivity contribution in [2.45, 2.75) is 32.7 Å². The maximum absolute atomic E-state index is 6.16. The fourth-order valence-corrected chi connectivity index (χ4v) is 2.41. The van der Waals surface area contributed by atoms with E-state index >= 15 is 0 Å². The highest BCUT2D eigenvalue weighted by molar-refractivity contribution is 6.31. The molecular weight excluding hydrogens is 309 g/mol. The smallest absolute Gasteiger partial charge is 0.152 e. The monoisotopic (exact) mass is 327 g/mol. The molecule has 21 heavy (non-hydrogen) atoms. The molecule has 0 unspecified atom stereocenters. The molecule has 0 saturated heterocycles. The summed E-state index contributed by atoms with van der Waals surface area (Å²) in [6.07, 6.45) is 3.14. The number of nitrogens with one attached hydrogen (secondary N) is 2. The first kappa shape index (κ1) is 16.0. The Balaban J connectivity index is 2.06. The van der Waals surface area contributed by atoms with Gasteiger partial charge in [-0.05, 0) is 24.6 Å². The number of hydrogen-bond donors (Lipinski definition) is 2. The number of unbranched alkanes of at least 4 members (excludes halogenated alkanes) is 1. The summed E-state index contributed by atoms with van der Waals surface area (Å²) in [4.78, 5) is 7.59. The van der Waals surface area contributed by atoms with Crippen LogP contribution in [0.2, 0.25) is 10.2 Å². The van der Waals surface area contributed by atoms with Crippen molar-refractivity contribution in [3.63, 3.8) is 0 Å². The van der Waals surface area contributed by atoms with Crippen LogP contribution in [0.15, 0.2) is 18.2 Å². The maximum atomic E-state index is 6.16. The minimum Gasteiger partial charge on any atom is -0.495 e. The summed E-state index contributed by atoms with van der Waals surface area (Å²) in [5, 5.41) is 4.43. The predicted octanol–water partition coefficient (Wildman–Crippen LogP) is 4.68. The van der Waals surface area contributed by atoms with Gasteiger partial charge in [-0.15, -0.1) is 0 Å². The Labute approximate surface area is 134 Å². The Morgan fingerprint density at radius 3 is 2.86 bits per heavy atom. The molecule has 2 aromatic rings. The Morgan fingerprint density at radius 2 is 2.14 bits per heavy atom. The van der Waals surface area contributed by atoms with E-state index in [0.29, 0.717) is 16.7 Å². The Morgan fingerprint density at radius 1 is 1.33 bits per heavy atom. The molecule has 0 radical (unpaired) electrons. The summed E-state index contributed by atoms with van der Waals surface area (Å²) in [6, 6.07) is 5.44. The SMILES string of the molecule is CCCCc1nc(Cl)c(CNc2cc(Cl)ccc2OC)[nH]1. The summed E-state index contributed by atoms with van der Waals surface area (Å²) in [6.45, 7) is 2.69. The average Bonchev–Trinajstić information content (AvgIpc) is 2.83. The second kappa shape index (κ2) is 7.57. The first-order chi connectivity index (χ1) is 10.1. The quantitative estimate of drug-likeness (QED) is 0.776. The van der Waals surface area contributed by atoms with Gasteiger partial charge in [0.15, 0.2) is 5.15 Å². The fraction of sp³-hybridized carbons (Fsp3) is 0.400. The molecule has 0 aliphatic rings. The minimum absolute atomic E-state index is 0.509. The van der Waals surface area contributed by atoms with Crippen LogP contribution in [0.25, 0.3) is 0 Å². The zero-order valence-corrected chi connectivity index (χ0v) is 13.7. The summed E-state index contributed by atoms with van der Waals surface area (Å²) in [5.41, 5.74) is 1.69. The topological polar surface area (TPSA) is 49.9 Å². The van der Waals surface area contributed by atoms with Crippen molar-refractivity contribution < 1.29 is 4.74 Å². The fourth-order valence-electron chi connectivity index (χ4n) is 2.02. The Bertz CT molecular complexity index is 599. The molecule has 0 aliphatic heterocycles. The summed E-state index contributed by atoms with van der Waals surface area (Å²) < 4.78 is 5.30. The maximum Gasteiger partial charge on any atom is 0.152 e. The van der Waals surface area contributed by atoms with E-state index in [1.165, 1.54) is 0 Å². The van der Waals surface area contributed by atoms with E-state index < -0.39 is 0 Å². The normalized spacial score (nSPS) is 10.7. The lowest BCUT2D eigenvalue weighted by atomic mass is 10.2. The number of nitrogens with zero attached hydrogens (tertiary/aromatic N) is 1. The van der Waals surface area contributed by atoms with Gasteiger partial charge in [0.2, 0.25) is 0 Å². The molecule has 0 bridgehead atoms. The van der Waals surface area contributed by atoms with Gasteiger partial charge in [0, 0.05) is 11.4 Å². The van der Waals surface area contributed by atoms with E-state index in [0.717, 1.165) is 42.2 Å². The third-order valence-corrected chi connectivity index (χ3v) is 3.71. The lowest BCUT2D eigenvalue weighted by Gasteiger charge is -2.10. The van der Waals surface area contributed by atoms with Crippen LogP contribution in [-0.4, -0.2) is 17.1 Å². The molecule has 0 atom stereocenters. The number of hydrogen-bond acceptors (Lipinski definition) is 3. The van der Waals surface area contributed by atoms with Gasteiger partial charge < -0.3 is 15.0 Å². The summed E-state index contributed by atoms with van der Waals surface area (Å²) >= 11 is 12.2. The molecule has 2 N–H and O–H groups in total. The highest BCUT2D eigenvalue weighted by Gasteiger charge is 2.09. The second-order valence-corrected chi connectivity index (χ2v) is 5.55. The van der Waals surface area contributed by atoms with Crippen LogP contribution < -0.4 is 10.1 Å². The lowest BCUT2D eigenvalue weighted by molar-refractivity contribution is 0.416. The average molecular weight is 328 g/mol. The lowest BCUT2D eigenvalue weighted by Crippen LogP contribution is -2.02. The van der Waals surface area contributed by atoms with Crippen LogP contribution in [-0.2, 0) is 13.0 Å². The third-order valence-electron chi connectivity index (χ3n) is 3.16. The van der Waals surface area contributed by atoms with Crippen molar-refractivity contribution in [2.75, 3.05) is 12.4 Å². The third kappa shape index (κ3) is 4.29. The van der Waals surface area contributed by atoms with Crippen molar-refractivity contribution >= 4 is 28.9 Å². The molecule has 2 rings (SSSR count). The highest BCUT2D eigenvalue weighted by atomic mass is 35.5. The van der Waals surface area contributed by atoms with Crippen LogP contribution in [0, 0.1) is 0 Å². The van der Waals surface area contributed by atoms with E-state index in [4.69, 9.17) is 27.9 Å². The van der Waals surface area contributed by atoms with Crippen molar-refractivity contribution in [3.05, 3.63) is 39.9 Å². The molecule has 1 aromatic heterocycles. The van der Waals surface area contributed by atoms with Gasteiger partial charge in [0.1, 0.15) is 11.6 Å². The van der Waals surface area contributed by atoms with E-state index in [-0.39, 0.29) is 0 Å². The van der Waals surface area contributed by atoms with Crippen LogP contribution in [0.3, 0.4) is 0 Å². The number of ether oxygens (including phenoxy) is 1. The number of aromatic nitrogens is 2. The molecule has 0 amide bonds. The number of anilines is 1. The van der Waals surface area contributed by atoms with Crippen molar-refractivity contribution in [1.29, 1.82) is 0 Å². The largest absolute Gasteiger partial charge is 0.495 e. The van der Waals surface area contributed by atoms with Crippen LogP contribution in [0.4, 0.5) is 5.69 Å². The Kier molecular flexibility index (Phi) is 5.76. The Hall–Kier alpha value is -1.39. The molecule has 0 aliphatic carbocycles. The standard InChI is InChI=1S/C15H19Cl2N3O/c1-3-4-5-14-19-12(15(17)20-14)9-18-11-8-10(16)6-7-13(11)21-2/h6-8,18H,3-5,9H2,1-2H3,(H,19,20). The zero-order chi connectivity index (χ0) is 15.2. The van der Waals surface area contributed by atoms with Crippen molar-refractivity contribution in [2.24, 2.45) is 0 Å². The van der Waals surface area contributed by atoms with E-state index in [2.05, 4.69) is 22.2 Å². The van der Waals surface area contributed by atoms with Crippen LogP contribution in [0.1, 0.15) is 31.3 Å². The van der Waals surface area contributed by atoms with E-state index in [1.807, 2.05) is 12.1 Å². The molecule has 0 saturated carbocycles. The van der Waals surface area contributed by atoms with Gasteiger partial charge in [-0.1, -0.05) is 36.5 Å². The number of benzene rings is 1. The second-order valence-electron chi connectivity index (χ2n) is 4.75. The summed E-state index contributed by atoms with van der Waals surface area (Å²) in [7, 11) is 1.63. The number of methoxy groups -OCH3 is 1. The van der Waals surface area contributed by atoms with Gasteiger partial charge in [-0.3, -0.25) is 0 Å². The first-order valence-corrected chi connectivity index (χ1v) is 7.70. The molecular formula is C15H19Cl2N3O. The van der Waals surface area contributed by atoms with Crippen molar-refractivity contribution in [3.8, 4) is 5.75 Å². The van der Waals surface area contributed by atoms with Crippen LogP contribution in [0.5, 0.6) is 5.75 Å². The molecule has 1 heterocycles. The number of rotatable bonds is 7. The van der Waals surface area contributed by atoms with E-state index in [9.17, 15) is 0 Å². The molecule has 114 valence electrons. The number of aryl methyl sites for hydroxylation is 1. The number of halogens is 2. The van der Waals surface area contributed by atoms with E-state index in [1.54, 1.807) is 13.2 Å². The van der Waals surface area contributed by atoms with Gasteiger partial charge >= 0.3 is 0 Å². The van der Waals surface area contributed by atoms with Crippen molar-refractivity contribution in [1.82, 2.24) is 9.97 Å². The molecule has 4 nitrogen and oxygen atoms in total. The van der Waals surface area contributed by atoms with Crippen LogP contribution >= 0.6 is 23.2 Å². The van der Waals surface area contributed by atoms with Gasteiger partial charge in [-0.25, -0.2) is 4.98 Å². The molecule has 6 heteroatoms. The highest BCUT2D eigenvalue weighted by Crippen LogP contribution is 2.28. The molecule has 0 fully saturated rings. The van der Waals surface area contributed by atoms with Gasteiger partial charge in [-0.2, -0.15) is 0 Å². The van der Waals surface area contributed by atoms with Gasteiger partial charge in [0.25, 0.3) is 0 Å². The summed E-state index contributed by atoms with van der Waals surface area (Å²) in [5.74, 6) is 1.66. The first-order valence-electron chi connectivity index (χ1n) is 6.94. The number of H-pyrrole nitrogens is 1.